The SMILES string of the molecule is CNC1(C#N)CCCC1CCOCC1CC1. The summed E-state index contributed by atoms with van der Waals surface area (Å²) in [6, 6.07) is 2.47. The quantitative estimate of drug-likeness (QED) is 0.700. The number of hydrogen-bond acceptors (Lipinski definition) is 3. The van der Waals surface area contributed by atoms with Crippen molar-refractivity contribution in [2.24, 2.45) is 11.8 Å². The molecule has 2 unspecified atom stereocenters. The van der Waals surface area contributed by atoms with Crippen molar-refractivity contribution in [1.29, 1.82) is 5.26 Å². The van der Waals surface area contributed by atoms with Crippen LogP contribution in [0.25, 0.3) is 0 Å². The fourth-order valence-electron chi connectivity index (χ4n) is 2.76. The normalized spacial score (nSPS) is 33.9. The minimum Gasteiger partial charge on any atom is -0.381 e. The summed E-state index contributed by atoms with van der Waals surface area (Å²) in [7, 11) is 1.91. The Balaban J connectivity index is 1.72. The molecule has 2 fully saturated rings. The summed E-state index contributed by atoms with van der Waals surface area (Å²) >= 11 is 0. The predicted octanol–water partition coefficient (Wildman–Crippen LogP) is 2.08. The zero-order valence-corrected chi connectivity index (χ0v) is 10.2. The van der Waals surface area contributed by atoms with Crippen LogP contribution in [0, 0.1) is 23.2 Å². The second-order valence-electron chi connectivity index (χ2n) is 5.23. The van der Waals surface area contributed by atoms with Gasteiger partial charge >= 0.3 is 0 Å². The van der Waals surface area contributed by atoms with E-state index < -0.39 is 0 Å². The molecule has 0 aliphatic heterocycles. The highest BCUT2D eigenvalue weighted by Crippen LogP contribution is 2.37. The summed E-state index contributed by atoms with van der Waals surface area (Å²) in [5.41, 5.74) is -0.275. The Kier molecular flexibility index (Phi) is 3.83. The summed E-state index contributed by atoms with van der Waals surface area (Å²) < 4.78 is 5.66. The second-order valence-corrected chi connectivity index (χ2v) is 5.23. The van der Waals surface area contributed by atoms with Gasteiger partial charge in [-0.25, -0.2) is 0 Å². The van der Waals surface area contributed by atoms with Gasteiger partial charge in [0.15, 0.2) is 0 Å². The summed E-state index contributed by atoms with van der Waals surface area (Å²) in [4.78, 5) is 0. The summed E-state index contributed by atoms with van der Waals surface area (Å²) in [6.45, 7) is 1.76. The Morgan fingerprint density at radius 1 is 1.44 bits per heavy atom. The monoisotopic (exact) mass is 222 g/mol. The molecule has 3 heteroatoms. The van der Waals surface area contributed by atoms with Gasteiger partial charge in [-0.3, -0.25) is 0 Å². The molecule has 3 nitrogen and oxygen atoms in total. The standard InChI is InChI=1S/C13H22N2O/c1-15-13(10-14)7-2-3-12(13)6-8-16-9-11-4-5-11/h11-12,15H,2-9H2,1H3. The molecule has 0 aromatic carbocycles. The van der Waals surface area contributed by atoms with Crippen molar-refractivity contribution in [2.45, 2.75) is 44.1 Å². The maximum absolute atomic E-state index is 9.29. The zero-order valence-electron chi connectivity index (χ0n) is 10.2. The van der Waals surface area contributed by atoms with Gasteiger partial charge in [0.05, 0.1) is 6.07 Å². The molecule has 2 atom stereocenters. The minimum absolute atomic E-state index is 0.275. The first-order valence-electron chi connectivity index (χ1n) is 6.48. The molecule has 0 radical (unpaired) electrons. The lowest BCUT2D eigenvalue weighted by molar-refractivity contribution is 0.104. The van der Waals surface area contributed by atoms with E-state index in [2.05, 4.69) is 11.4 Å². The topological polar surface area (TPSA) is 45.0 Å². The van der Waals surface area contributed by atoms with Crippen LogP contribution in [0.4, 0.5) is 0 Å². The largest absolute Gasteiger partial charge is 0.381 e. The van der Waals surface area contributed by atoms with Gasteiger partial charge < -0.3 is 10.1 Å². The van der Waals surface area contributed by atoms with Crippen LogP contribution in [0.15, 0.2) is 0 Å². The molecule has 16 heavy (non-hydrogen) atoms. The van der Waals surface area contributed by atoms with E-state index in [9.17, 15) is 5.26 Å². The number of ether oxygens (including phenoxy) is 1. The fraction of sp³-hybridized carbons (Fsp3) is 0.923. The second kappa shape index (κ2) is 5.16. The lowest BCUT2D eigenvalue weighted by Gasteiger charge is -2.28. The van der Waals surface area contributed by atoms with E-state index in [0.717, 1.165) is 32.0 Å². The fourth-order valence-corrected chi connectivity index (χ4v) is 2.76. The van der Waals surface area contributed by atoms with Gasteiger partial charge in [0.25, 0.3) is 0 Å². The van der Waals surface area contributed by atoms with Crippen LogP contribution in [0.1, 0.15) is 38.5 Å². The van der Waals surface area contributed by atoms with Gasteiger partial charge in [-0.2, -0.15) is 5.26 Å². The maximum Gasteiger partial charge on any atom is 0.109 e. The average Bonchev–Trinajstić information content (AvgIpc) is 3.05. The van der Waals surface area contributed by atoms with Crippen LogP contribution in [-0.4, -0.2) is 25.8 Å². The molecule has 1 N–H and O–H groups in total. The van der Waals surface area contributed by atoms with Crippen molar-refractivity contribution in [3.63, 3.8) is 0 Å². The predicted molar refractivity (Wildman–Crippen MR) is 62.9 cm³/mol. The Morgan fingerprint density at radius 2 is 2.25 bits per heavy atom. The molecule has 0 saturated heterocycles. The van der Waals surface area contributed by atoms with Crippen LogP contribution in [-0.2, 0) is 4.74 Å². The number of hydrogen-bond donors (Lipinski definition) is 1. The Bertz CT molecular complexity index is 270. The van der Waals surface area contributed by atoms with Crippen LogP contribution in [0.5, 0.6) is 0 Å². The highest BCUT2D eigenvalue weighted by Gasteiger charge is 2.41. The van der Waals surface area contributed by atoms with Gasteiger partial charge in [-0.1, -0.05) is 6.42 Å². The van der Waals surface area contributed by atoms with E-state index in [4.69, 9.17) is 4.74 Å². The third-order valence-corrected chi connectivity index (χ3v) is 4.13. The molecule has 0 amide bonds. The molecular formula is C13H22N2O. The van der Waals surface area contributed by atoms with Crippen molar-refractivity contribution < 1.29 is 4.74 Å². The average molecular weight is 222 g/mol. The first-order chi connectivity index (χ1) is 7.80. The van der Waals surface area contributed by atoms with Crippen LogP contribution in [0.3, 0.4) is 0 Å². The molecule has 0 aromatic heterocycles. The first-order valence-corrected chi connectivity index (χ1v) is 6.48. The highest BCUT2D eigenvalue weighted by atomic mass is 16.5. The van der Waals surface area contributed by atoms with Crippen LogP contribution < -0.4 is 5.32 Å². The molecule has 2 saturated carbocycles. The summed E-state index contributed by atoms with van der Waals surface area (Å²) in [5.74, 6) is 1.32. The van der Waals surface area contributed by atoms with Crippen molar-refractivity contribution >= 4 is 0 Å². The molecular weight excluding hydrogens is 200 g/mol. The summed E-state index contributed by atoms with van der Waals surface area (Å²) in [6.07, 6.45) is 7.06. The molecule has 0 bridgehead atoms. The first kappa shape index (κ1) is 11.9. The number of rotatable bonds is 6. The van der Waals surface area contributed by atoms with Crippen molar-refractivity contribution in [3.8, 4) is 6.07 Å². The number of nitrogens with one attached hydrogen (secondary N) is 1. The summed E-state index contributed by atoms with van der Waals surface area (Å²) in [5, 5.41) is 12.5. The number of nitriles is 1. The van der Waals surface area contributed by atoms with E-state index in [0.29, 0.717) is 5.92 Å². The van der Waals surface area contributed by atoms with E-state index in [-0.39, 0.29) is 5.54 Å². The highest BCUT2D eigenvalue weighted by molar-refractivity contribution is 5.13. The van der Waals surface area contributed by atoms with E-state index in [1.807, 2.05) is 7.05 Å². The molecule has 2 aliphatic rings. The third kappa shape index (κ3) is 2.56. The van der Waals surface area contributed by atoms with E-state index in [1.54, 1.807) is 0 Å². The number of nitrogens with zero attached hydrogens (tertiary/aromatic N) is 1. The maximum atomic E-state index is 9.29. The lowest BCUT2D eigenvalue weighted by atomic mass is 9.86. The van der Waals surface area contributed by atoms with E-state index >= 15 is 0 Å². The van der Waals surface area contributed by atoms with Crippen LogP contribution in [0.2, 0.25) is 0 Å². The Morgan fingerprint density at radius 3 is 2.88 bits per heavy atom. The minimum atomic E-state index is -0.275. The molecule has 90 valence electrons. The molecule has 0 aromatic rings. The van der Waals surface area contributed by atoms with Gasteiger partial charge in [0, 0.05) is 13.2 Å². The van der Waals surface area contributed by atoms with Gasteiger partial charge in [0.2, 0.25) is 0 Å². The zero-order chi connectivity index (χ0) is 11.4. The third-order valence-electron chi connectivity index (χ3n) is 4.13. The van der Waals surface area contributed by atoms with Crippen LogP contribution >= 0.6 is 0 Å². The van der Waals surface area contributed by atoms with Gasteiger partial charge in [-0.15, -0.1) is 0 Å². The Hall–Kier alpha value is -0.590. The van der Waals surface area contributed by atoms with Crippen molar-refractivity contribution in [3.05, 3.63) is 0 Å². The van der Waals surface area contributed by atoms with Crippen molar-refractivity contribution in [2.75, 3.05) is 20.3 Å². The van der Waals surface area contributed by atoms with E-state index in [1.165, 1.54) is 25.7 Å². The van der Waals surface area contributed by atoms with Crippen molar-refractivity contribution in [1.82, 2.24) is 5.32 Å². The molecule has 2 aliphatic carbocycles. The lowest BCUT2D eigenvalue weighted by Crippen LogP contribution is -2.45. The smallest absolute Gasteiger partial charge is 0.109 e. The molecule has 0 spiro atoms. The molecule has 0 heterocycles. The van der Waals surface area contributed by atoms with Gasteiger partial charge in [0.1, 0.15) is 5.54 Å². The Labute approximate surface area is 98.2 Å². The van der Waals surface area contributed by atoms with Gasteiger partial charge in [-0.05, 0) is 51.0 Å². The molecule has 2 rings (SSSR count).